The quantitative estimate of drug-likeness (QED) is 0.944. The maximum atomic E-state index is 12.5. The molecule has 0 aliphatic carbocycles. The molecule has 4 nitrogen and oxygen atoms in total. The fourth-order valence-corrected chi connectivity index (χ4v) is 3.52. The van der Waals surface area contributed by atoms with Crippen molar-refractivity contribution in [3.05, 3.63) is 60.2 Å². The van der Waals surface area contributed by atoms with Crippen molar-refractivity contribution in [2.45, 2.75) is 12.5 Å². The van der Waals surface area contributed by atoms with Crippen LogP contribution in [0.25, 0.3) is 0 Å². The molecule has 0 aromatic heterocycles. The molecule has 0 radical (unpaired) electrons. The van der Waals surface area contributed by atoms with Crippen LogP contribution in [-0.4, -0.2) is 36.5 Å². The third-order valence-electron chi connectivity index (χ3n) is 4.72. The van der Waals surface area contributed by atoms with Gasteiger partial charge in [0, 0.05) is 24.7 Å². The Morgan fingerprint density at radius 1 is 1.04 bits per heavy atom. The van der Waals surface area contributed by atoms with E-state index in [0.717, 1.165) is 18.8 Å². The Bertz CT molecular complexity index is 702. The highest BCUT2D eigenvalue weighted by atomic mass is 16.5. The van der Waals surface area contributed by atoms with Crippen LogP contribution in [0.4, 0.5) is 0 Å². The van der Waals surface area contributed by atoms with Crippen LogP contribution in [0.2, 0.25) is 0 Å². The average molecular weight is 308 g/mol. The lowest BCUT2D eigenvalue weighted by atomic mass is 9.99. The van der Waals surface area contributed by atoms with Gasteiger partial charge in [0.15, 0.2) is 0 Å². The minimum absolute atomic E-state index is 0.0118. The normalized spacial score (nSPS) is 25.3. The van der Waals surface area contributed by atoms with Gasteiger partial charge in [-0.1, -0.05) is 24.3 Å². The zero-order valence-electron chi connectivity index (χ0n) is 12.9. The molecule has 2 bridgehead atoms. The second-order valence-corrected chi connectivity index (χ2v) is 6.33. The van der Waals surface area contributed by atoms with Crippen LogP contribution in [0.3, 0.4) is 0 Å². The first kappa shape index (κ1) is 14.3. The highest BCUT2D eigenvalue weighted by molar-refractivity contribution is 5.94. The van der Waals surface area contributed by atoms with Gasteiger partial charge in [-0.05, 0) is 49.2 Å². The number of nitrogens with zero attached hydrogens (tertiary/aromatic N) is 1. The number of amides is 1. The molecule has 2 aliphatic rings. The molecular weight excluding hydrogens is 288 g/mol. The third-order valence-corrected chi connectivity index (χ3v) is 4.72. The molecular formula is C19H20N2O2. The number of hydrogen-bond donors (Lipinski definition) is 1. The number of para-hydroxylation sites is 1. The van der Waals surface area contributed by atoms with E-state index >= 15 is 0 Å². The third kappa shape index (κ3) is 3.08. The van der Waals surface area contributed by atoms with E-state index in [9.17, 15) is 4.79 Å². The molecule has 2 aromatic carbocycles. The van der Waals surface area contributed by atoms with E-state index in [2.05, 4.69) is 10.2 Å². The lowest BCUT2D eigenvalue weighted by molar-refractivity contribution is 0.0924. The van der Waals surface area contributed by atoms with E-state index < -0.39 is 0 Å². The van der Waals surface area contributed by atoms with E-state index in [1.807, 2.05) is 48.5 Å². The van der Waals surface area contributed by atoms with Gasteiger partial charge < -0.3 is 15.0 Å². The lowest BCUT2D eigenvalue weighted by Gasteiger charge is -2.23. The molecule has 2 aliphatic heterocycles. The van der Waals surface area contributed by atoms with Crippen LogP contribution in [0.15, 0.2) is 54.6 Å². The molecule has 118 valence electrons. The van der Waals surface area contributed by atoms with Crippen LogP contribution in [0.5, 0.6) is 11.5 Å². The summed E-state index contributed by atoms with van der Waals surface area (Å²) in [5.41, 5.74) is 0.649. The van der Waals surface area contributed by atoms with E-state index in [4.69, 9.17) is 4.74 Å². The van der Waals surface area contributed by atoms with Gasteiger partial charge in [-0.15, -0.1) is 0 Å². The molecule has 2 saturated heterocycles. The van der Waals surface area contributed by atoms with Gasteiger partial charge in [0.2, 0.25) is 0 Å². The molecule has 2 aromatic rings. The molecule has 4 heteroatoms. The summed E-state index contributed by atoms with van der Waals surface area (Å²) in [7, 11) is 0. The first-order chi connectivity index (χ1) is 11.3. The SMILES string of the molecule is O=C(NC1CN2CC[C@H]1C2)c1cccc(Oc2ccccc2)c1. The van der Waals surface area contributed by atoms with Gasteiger partial charge in [-0.25, -0.2) is 0 Å². The monoisotopic (exact) mass is 308 g/mol. The number of carbonyl (C=O) groups is 1. The average Bonchev–Trinajstić information content (AvgIpc) is 3.19. The number of fused-ring (bicyclic) bond motifs is 2. The Balaban J connectivity index is 1.44. The minimum atomic E-state index is -0.0118. The van der Waals surface area contributed by atoms with Gasteiger partial charge in [-0.2, -0.15) is 0 Å². The van der Waals surface area contributed by atoms with Crippen LogP contribution in [-0.2, 0) is 0 Å². The predicted octanol–water partition coefficient (Wildman–Crippen LogP) is 2.91. The Morgan fingerprint density at radius 2 is 1.87 bits per heavy atom. The van der Waals surface area contributed by atoms with Crippen molar-refractivity contribution in [2.75, 3.05) is 19.6 Å². The van der Waals surface area contributed by atoms with Crippen molar-refractivity contribution in [1.82, 2.24) is 10.2 Å². The van der Waals surface area contributed by atoms with Crippen molar-refractivity contribution >= 4 is 5.91 Å². The van der Waals surface area contributed by atoms with Crippen molar-refractivity contribution in [2.24, 2.45) is 5.92 Å². The summed E-state index contributed by atoms with van der Waals surface area (Å²) in [5.74, 6) is 2.05. The number of carbonyl (C=O) groups excluding carboxylic acids is 1. The molecule has 3 atom stereocenters. The number of hydrogen-bond acceptors (Lipinski definition) is 3. The van der Waals surface area contributed by atoms with Gasteiger partial charge in [0.05, 0.1) is 0 Å². The molecule has 23 heavy (non-hydrogen) atoms. The Kier molecular flexibility index (Phi) is 3.75. The number of ether oxygens (including phenoxy) is 1. The van der Waals surface area contributed by atoms with Crippen LogP contribution in [0, 0.1) is 5.92 Å². The fourth-order valence-electron chi connectivity index (χ4n) is 3.52. The minimum Gasteiger partial charge on any atom is -0.457 e. The van der Waals surface area contributed by atoms with E-state index in [0.29, 0.717) is 17.2 Å². The molecule has 2 fully saturated rings. The second kappa shape index (κ2) is 6.05. The van der Waals surface area contributed by atoms with Crippen LogP contribution >= 0.6 is 0 Å². The summed E-state index contributed by atoms with van der Waals surface area (Å²) in [6.45, 7) is 3.29. The molecule has 0 saturated carbocycles. The molecule has 2 heterocycles. The highest BCUT2D eigenvalue weighted by Crippen LogP contribution is 2.28. The first-order valence-electron chi connectivity index (χ1n) is 8.14. The van der Waals surface area contributed by atoms with E-state index in [1.165, 1.54) is 13.0 Å². The van der Waals surface area contributed by atoms with Gasteiger partial charge in [-0.3, -0.25) is 4.79 Å². The van der Waals surface area contributed by atoms with E-state index in [1.54, 1.807) is 6.07 Å². The summed E-state index contributed by atoms with van der Waals surface area (Å²) in [5, 5.41) is 3.18. The largest absolute Gasteiger partial charge is 0.457 e. The number of benzene rings is 2. The van der Waals surface area contributed by atoms with Crippen molar-refractivity contribution in [3.8, 4) is 11.5 Å². The fraction of sp³-hybridized carbons (Fsp3) is 0.316. The summed E-state index contributed by atoms with van der Waals surface area (Å²) in [4.78, 5) is 14.9. The number of rotatable bonds is 4. The first-order valence-corrected chi connectivity index (χ1v) is 8.14. The lowest BCUT2D eigenvalue weighted by Crippen LogP contribution is -2.43. The molecule has 0 spiro atoms. The van der Waals surface area contributed by atoms with Gasteiger partial charge in [0.1, 0.15) is 11.5 Å². The van der Waals surface area contributed by atoms with Crippen molar-refractivity contribution in [1.29, 1.82) is 0 Å². The standard InChI is InChI=1S/C19H20N2O2/c22-19(20-18-13-21-10-9-15(18)12-21)14-5-4-8-17(11-14)23-16-6-2-1-3-7-16/h1-8,11,15,18H,9-10,12-13H2,(H,20,22)/t15-,18?/m0/s1. The van der Waals surface area contributed by atoms with Gasteiger partial charge in [0.25, 0.3) is 5.91 Å². The summed E-state index contributed by atoms with van der Waals surface area (Å²) >= 11 is 0. The van der Waals surface area contributed by atoms with Crippen LogP contribution in [0.1, 0.15) is 16.8 Å². The predicted molar refractivity (Wildman–Crippen MR) is 88.8 cm³/mol. The molecule has 4 rings (SSSR count). The summed E-state index contributed by atoms with van der Waals surface area (Å²) in [6.07, 6.45) is 1.20. The number of nitrogens with one attached hydrogen (secondary N) is 1. The van der Waals surface area contributed by atoms with Crippen molar-refractivity contribution < 1.29 is 9.53 Å². The Hall–Kier alpha value is -2.33. The smallest absolute Gasteiger partial charge is 0.251 e. The summed E-state index contributed by atoms with van der Waals surface area (Å²) < 4.78 is 5.80. The second-order valence-electron chi connectivity index (χ2n) is 6.33. The van der Waals surface area contributed by atoms with Gasteiger partial charge >= 0.3 is 0 Å². The highest BCUT2D eigenvalue weighted by Gasteiger charge is 2.38. The van der Waals surface area contributed by atoms with Crippen molar-refractivity contribution in [3.63, 3.8) is 0 Å². The molecule has 1 amide bonds. The molecule has 1 N–H and O–H groups in total. The maximum absolute atomic E-state index is 12.5. The van der Waals surface area contributed by atoms with E-state index in [-0.39, 0.29) is 11.9 Å². The summed E-state index contributed by atoms with van der Waals surface area (Å²) in [6, 6.07) is 17.2. The zero-order chi connectivity index (χ0) is 15.6. The topological polar surface area (TPSA) is 41.6 Å². The maximum Gasteiger partial charge on any atom is 0.251 e. The Morgan fingerprint density at radius 3 is 2.61 bits per heavy atom. The molecule has 2 unspecified atom stereocenters. The van der Waals surface area contributed by atoms with Crippen LogP contribution < -0.4 is 10.1 Å². The zero-order valence-corrected chi connectivity index (χ0v) is 12.9. The Labute approximate surface area is 136 Å². The number of piperidine rings is 1.